The van der Waals surface area contributed by atoms with Crippen LogP contribution in [0.3, 0.4) is 0 Å². The van der Waals surface area contributed by atoms with Gasteiger partial charge in [0.25, 0.3) is 0 Å². The topological polar surface area (TPSA) is 44.1 Å². The molecule has 1 heterocycles. The summed E-state index contributed by atoms with van der Waals surface area (Å²) in [6, 6.07) is 9.34. The van der Waals surface area contributed by atoms with Crippen molar-refractivity contribution in [3.8, 4) is 5.75 Å². The molecule has 0 amide bonds. The molecule has 0 N–H and O–H groups in total. The lowest BCUT2D eigenvalue weighted by molar-refractivity contribution is 0.103. The monoisotopic (exact) mass is 270 g/mol. The van der Waals surface area contributed by atoms with Crippen molar-refractivity contribution in [1.82, 2.24) is 9.78 Å². The first-order valence-electron chi connectivity index (χ1n) is 6.53. The fraction of sp³-hybridized carbons (Fsp3) is 0.250. The van der Waals surface area contributed by atoms with Gasteiger partial charge in [0.15, 0.2) is 0 Å². The summed E-state index contributed by atoms with van der Waals surface area (Å²) in [5, 5.41) is 3.98. The first-order valence-corrected chi connectivity index (χ1v) is 6.53. The van der Waals surface area contributed by atoms with E-state index in [0.29, 0.717) is 5.69 Å². The molecule has 0 spiro atoms. The Morgan fingerprint density at radius 1 is 1.25 bits per heavy atom. The molecule has 0 aliphatic carbocycles. The molecule has 20 heavy (non-hydrogen) atoms. The van der Waals surface area contributed by atoms with E-state index in [0.717, 1.165) is 11.3 Å². The molecule has 0 aliphatic heterocycles. The minimum atomic E-state index is -0.0625. The molecule has 0 saturated heterocycles. The molecule has 0 atom stereocenters. The highest BCUT2D eigenvalue weighted by molar-refractivity contribution is 6.05. The van der Waals surface area contributed by atoms with Crippen LogP contribution < -0.4 is 4.74 Å². The van der Waals surface area contributed by atoms with Crippen LogP contribution in [0.4, 0.5) is 0 Å². The fourth-order valence-corrected chi connectivity index (χ4v) is 1.80. The summed E-state index contributed by atoms with van der Waals surface area (Å²) in [5.74, 6) is 0.766. The molecular formula is C16H18N2O2. The van der Waals surface area contributed by atoms with E-state index in [-0.39, 0.29) is 11.9 Å². The van der Waals surface area contributed by atoms with Gasteiger partial charge in [-0.25, -0.2) is 0 Å². The van der Waals surface area contributed by atoms with Crippen LogP contribution in [0.1, 0.15) is 29.9 Å². The molecule has 1 aromatic carbocycles. The minimum Gasteiger partial charge on any atom is -0.491 e. The summed E-state index contributed by atoms with van der Waals surface area (Å²) in [6.07, 6.45) is 5.10. The zero-order valence-corrected chi connectivity index (χ0v) is 11.9. The number of aromatic nitrogens is 2. The van der Waals surface area contributed by atoms with Crippen molar-refractivity contribution in [2.75, 3.05) is 0 Å². The van der Waals surface area contributed by atoms with Gasteiger partial charge >= 0.3 is 0 Å². The quantitative estimate of drug-likeness (QED) is 0.619. The van der Waals surface area contributed by atoms with Gasteiger partial charge in [-0.05, 0) is 43.7 Å². The van der Waals surface area contributed by atoms with Crippen molar-refractivity contribution >= 4 is 11.9 Å². The van der Waals surface area contributed by atoms with E-state index in [1.54, 1.807) is 36.1 Å². The van der Waals surface area contributed by atoms with Gasteiger partial charge in [-0.15, -0.1) is 0 Å². The van der Waals surface area contributed by atoms with Crippen molar-refractivity contribution in [1.29, 1.82) is 0 Å². The Balaban J connectivity index is 2.04. The van der Waals surface area contributed by atoms with Crippen LogP contribution in [0.15, 0.2) is 42.6 Å². The fourth-order valence-electron chi connectivity index (χ4n) is 1.80. The van der Waals surface area contributed by atoms with E-state index in [2.05, 4.69) is 5.10 Å². The van der Waals surface area contributed by atoms with Gasteiger partial charge in [-0.3, -0.25) is 9.48 Å². The molecule has 104 valence electrons. The van der Waals surface area contributed by atoms with E-state index in [1.165, 1.54) is 0 Å². The van der Waals surface area contributed by atoms with Gasteiger partial charge in [0.05, 0.1) is 6.10 Å². The molecule has 1 aromatic heterocycles. The molecule has 0 bridgehead atoms. The van der Waals surface area contributed by atoms with Crippen molar-refractivity contribution in [2.45, 2.75) is 20.0 Å². The number of ketones is 1. The number of rotatable bonds is 5. The molecule has 4 heteroatoms. The predicted octanol–water partition coefficient (Wildman–Crippen LogP) is 3.10. The second kappa shape index (κ2) is 6.19. The smallest absolute Gasteiger partial charge is 0.203 e. The summed E-state index contributed by atoms with van der Waals surface area (Å²) >= 11 is 0. The maximum absolute atomic E-state index is 11.9. The molecular weight excluding hydrogens is 252 g/mol. The molecule has 4 nitrogen and oxygen atoms in total. The molecule has 2 aromatic rings. The number of allylic oxidation sites excluding steroid dienone is 1. The normalized spacial score (nSPS) is 11.2. The minimum absolute atomic E-state index is 0.0625. The Morgan fingerprint density at radius 3 is 2.50 bits per heavy atom. The maximum Gasteiger partial charge on any atom is 0.203 e. The van der Waals surface area contributed by atoms with E-state index < -0.39 is 0 Å². The second-order valence-electron chi connectivity index (χ2n) is 4.77. The zero-order chi connectivity index (χ0) is 14.5. The molecule has 0 aliphatic rings. The van der Waals surface area contributed by atoms with Gasteiger partial charge in [0, 0.05) is 13.2 Å². The first kappa shape index (κ1) is 14.1. The number of nitrogens with zero attached hydrogens (tertiary/aromatic N) is 2. The lowest BCUT2D eigenvalue weighted by Crippen LogP contribution is -2.05. The third-order valence-electron chi connectivity index (χ3n) is 2.75. The highest BCUT2D eigenvalue weighted by Crippen LogP contribution is 2.15. The van der Waals surface area contributed by atoms with E-state index >= 15 is 0 Å². The highest BCUT2D eigenvalue weighted by atomic mass is 16.5. The number of benzene rings is 1. The average Bonchev–Trinajstić information content (AvgIpc) is 2.83. The van der Waals surface area contributed by atoms with Crippen LogP contribution in [0.2, 0.25) is 0 Å². The summed E-state index contributed by atoms with van der Waals surface area (Å²) in [5.41, 5.74) is 1.53. The molecule has 0 unspecified atom stereocenters. The first-order chi connectivity index (χ1) is 9.56. The predicted molar refractivity (Wildman–Crippen MR) is 78.8 cm³/mol. The Kier molecular flexibility index (Phi) is 4.35. The van der Waals surface area contributed by atoms with Crippen molar-refractivity contribution < 1.29 is 9.53 Å². The van der Waals surface area contributed by atoms with E-state index in [9.17, 15) is 4.79 Å². The third-order valence-corrected chi connectivity index (χ3v) is 2.75. The van der Waals surface area contributed by atoms with Gasteiger partial charge in [-0.2, -0.15) is 5.10 Å². The summed E-state index contributed by atoms with van der Waals surface area (Å²) < 4.78 is 7.13. The lowest BCUT2D eigenvalue weighted by Gasteiger charge is -2.09. The van der Waals surface area contributed by atoms with Crippen molar-refractivity contribution in [2.24, 2.45) is 7.05 Å². The number of carbonyl (C=O) groups excluding carboxylic acids is 1. The molecule has 0 saturated carbocycles. The Morgan fingerprint density at radius 2 is 1.95 bits per heavy atom. The van der Waals surface area contributed by atoms with Crippen molar-refractivity contribution in [3.63, 3.8) is 0 Å². The Hall–Kier alpha value is -2.36. The number of ether oxygens (including phenoxy) is 1. The van der Waals surface area contributed by atoms with Crippen LogP contribution in [0.5, 0.6) is 5.75 Å². The highest BCUT2D eigenvalue weighted by Gasteiger charge is 2.05. The van der Waals surface area contributed by atoms with E-state index in [1.807, 2.05) is 38.1 Å². The van der Waals surface area contributed by atoms with Gasteiger partial charge in [0.1, 0.15) is 11.4 Å². The second-order valence-corrected chi connectivity index (χ2v) is 4.77. The summed E-state index contributed by atoms with van der Waals surface area (Å²) in [4.78, 5) is 11.9. The van der Waals surface area contributed by atoms with Gasteiger partial charge in [0.2, 0.25) is 5.78 Å². The van der Waals surface area contributed by atoms with Crippen molar-refractivity contribution in [3.05, 3.63) is 53.9 Å². The number of hydrogen-bond acceptors (Lipinski definition) is 3. The molecule has 0 radical (unpaired) electrons. The largest absolute Gasteiger partial charge is 0.491 e. The average molecular weight is 270 g/mol. The Labute approximate surface area is 118 Å². The number of carbonyl (C=O) groups is 1. The standard InChI is InChI=1S/C16H18N2O2/c1-12(2)20-14-7-4-13(5-8-14)6-9-16(19)15-10-11-17-18(15)3/h4-12H,1-3H3/b9-6+. The molecule has 2 rings (SSSR count). The zero-order valence-electron chi connectivity index (χ0n) is 11.9. The van der Waals surface area contributed by atoms with Gasteiger partial charge in [-0.1, -0.05) is 18.2 Å². The number of hydrogen-bond donors (Lipinski definition) is 0. The number of aryl methyl sites for hydroxylation is 1. The summed E-state index contributed by atoms with van der Waals surface area (Å²) in [7, 11) is 1.75. The van der Waals surface area contributed by atoms with Crippen LogP contribution >= 0.6 is 0 Å². The van der Waals surface area contributed by atoms with E-state index in [4.69, 9.17) is 4.74 Å². The maximum atomic E-state index is 11.9. The van der Waals surface area contributed by atoms with Crippen LogP contribution in [0.25, 0.3) is 6.08 Å². The van der Waals surface area contributed by atoms with Gasteiger partial charge < -0.3 is 4.74 Å². The summed E-state index contributed by atoms with van der Waals surface area (Å²) in [6.45, 7) is 3.97. The van der Waals surface area contributed by atoms with Crippen LogP contribution in [-0.4, -0.2) is 21.7 Å². The molecule has 0 fully saturated rings. The SMILES string of the molecule is CC(C)Oc1ccc(/C=C/C(=O)c2ccnn2C)cc1. The Bertz CT molecular complexity index is 610. The van der Waals surface area contributed by atoms with Crippen LogP contribution in [0, 0.1) is 0 Å². The lowest BCUT2D eigenvalue weighted by atomic mass is 10.1. The third kappa shape index (κ3) is 3.57. The van der Waals surface area contributed by atoms with Crippen LogP contribution in [-0.2, 0) is 7.05 Å².